The van der Waals surface area contributed by atoms with Crippen molar-refractivity contribution in [2.24, 2.45) is 0 Å². The molecular weight excluding hydrogens is 188 g/mol. The van der Waals surface area contributed by atoms with Crippen LogP contribution in [0.25, 0.3) is 0 Å². The molecule has 1 fully saturated rings. The Balaban J connectivity index is 2.47. The zero-order valence-electron chi connectivity index (χ0n) is 9.77. The van der Waals surface area contributed by atoms with E-state index in [1.54, 1.807) is 0 Å². The summed E-state index contributed by atoms with van der Waals surface area (Å²) in [7, 11) is -0.0815. The molecule has 0 aromatic heterocycles. The van der Waals surface area contributed by atoms with Gasteiger partial charge in [0.15, 0.2) is 0 Å². The van der Waals surface area contributed by atoms with E-state index < -0.39 is 0 Å². The Kier molecular flexibility index (Phi) is 4.89. The van der Waals surface area contributed by atoms with Gasteiger partial charge in [0, 0.05) is 6.61 Å². The lowest BCUT2D eigenvalue weighted by atomic mass is 9.99. The van der Waals surface area contributed by atoms with Crippen molar-refractivity contribution in [1.82, 2.24) is 0 Å². The molecule has 2 heteroatoms. The molecule has 0 aromatic rings. The van der Waals surface area contributed by atoms with E-state index in [9.17, 15) is 0 Å². The molecule has 82 valence electrons. The molecule has 0 spiro atoms. The zero-order chi connectivity index (χ0) is 10.4. The van der Waals surface area contributed by atoms with E-state index in [1.165, 1.54) is 37.7 Å². The summed E-state index contributed by atoms with van der Waals surface area (Å²) in [6.07, 6.45) is 7.46. The minimum atomic E-state index is -0.0815. The lowest BCUT2D eigenvalue weighted by Crippen LogP contribution is -2.41. The van der Waals surface area contributed by atoms with Crippen molar-refractivity contribution in [3.05, 3.63) is 12.2 Å². The predicted molar refractivity (Wildman–Crippen MR) is 65.6 cm³/mol. The van der Waals surface area contributed by atoms with Crippen LogP contribution in [0.3, 0.4) is 0 Å². The molecular formula is C12H24OSi. The third-order valence-electron chi connectivity index (χ3n) is 3.26. The summed E-state index contributed by atoms with van der Waals surface area (Å²) >= 11 is 0. The van der Waals surface area contributed by atoms with Crippen molar-refractivity contribution in [3.63, 3.8) is 0 Å². The van der Waals surface area contributed by atoms with Crippen molar-refractivity contribution in [3.8, 4) is 0 Å². The van der Waals surface area contributed by atoms with Gasteiger partial charge >= 0.3 is 0 Å². The van der Waals surface area contributed by atoms with Gasteiger partial charge in [-0.3, -0.25) is 0 Å². The van der Waals surface area contributed by atoms with Crippen LogP contribution in [0.1, 0.15) is 45.4 Å². The average Bonchev–Trinajstić information content (AvgIpc) is 2.19. The minimum Gasteiger partial charge on any atom is -0.379 e. The molecule has 0 N–H and O–H groups in total. The largest absolute Gasteiger partial charge is 0.379 e. The van der Waals surface area contributed by atoms with Gasteiger partial charge in [0.2, 0.25) is 0 Å². The summed E-state index contributed by atoms with van der Waals surface area (Å²) in [5.74, 6) is 0. The predicted octanol–water partition coefficient (Wildman–Crippen LogP) is 2.85. The standard InChI is InChI=1S/C12H24OSi/c1-4-7-11(2)10-12(14-3)8-5-6-9-13-12/h2,4-10,14H2,1,3H3. The minimum absolute atomic E-state index is 0.0815. The molecule has 0 amide bonds. The van der Waals surface area contributed by atoms with Crippen LogP contribution in [-0.2, 0) is 4.74 Å². The quantitative estimate of drug-likeness (QED) is 0.503. The van der Waals surface area contributed by atoms with Crippen molar-refractivity contribution >= 4 is 9.52 Å². The smallest absolute Gasteiger partial charge is 0.0568 e. The van der Waals surface area contributed by atoms with E-state index in [0.29, 0.717) is 0 Å². The third-order valence-corrected chi connectivity index (χ3v) is 5.35. The maximum absolute atomic E-state index is 6.03. The molecule has 0 saturated carbocycles. The fourth-order valence-electron chi connectivity index (χ4n) is 2.35. The van der Waals surface area contributed by atoms with Crippen LogP contribution in [0.5, 0.6) is 0 Å². The van der Waals surface area contributed by atoms with Crippen molar-refractivity contribution in [2.45, 2.75) is 57.2 Å². The van der Waals surface area contributed by atoms with Gasteiger partial charge in [0.25, 0.3) is 0 Å². The monoisotopic (exact) mass is 212 g/mol. The molecule has 1 heterocycles. The van der Waals surface area contributed by atoms with Gasteiger partial charge in [-0.25, -0.2) is 0 Å². The first-order chi connectivity index (χ1) is 6.72. The summed E-state index contributed by atoms with van der Waals surface area (Å²) in [5, 5.41) is 0.282. The molecule has 1 nitrogen and oxygen atoms in total. The fourth-order valence-corrected chi connectivity index (χ4v) is 3.91. The molecule has 1 unspecified atom stereocenters. The van der Waals surface area contributed by atoms with Crippen LogP contribution in [0.4, 0.5) is 0 Å². The topological polar surface area (TPSA) is 9.23 Å². The van der Waals surface area contributed by atoms with Crippen LogP contribution in [0.15, 0.2) is 12.2 Å². The van der Waals surface area contributed by atoms with Gasteiger partial charge in [-0.1, -0.05) is 32.0 Å². The highest BCUT2D eigenvalue weighted by atomic mass is 28.2. The van der Waals surface area contributed by atoms with Gasteiger partial charge in [0.05, 0.1) is 14.7 Å². The molecule has 1 aliphatic heterocycles. The van der Waals surface area contributed by atoms with Gasteiger partial charge in [-0.15, -0.1) is 0 Å². The first kappa shape index (κ1) is 12.0. The molecule has 14 heavy (non-hydrogen) atoms. The van der Waals surface area contributed by atoms with E-state index >= 15 is 0 Å². The zero-order valence-corrected chi connectivity index (χ0v) is 11.2. The van der Waals surface area contributed by atoms with E-state index in [1.807, 2.05) is 0 Å². The third kappa shape index (κ3) is 3.25. The van der Waals surface area contributed by atoms with E-state index in [2.05, 4.69) is 20.0 Å². The Bertz CT molecular complexity index is 183. The summed E-state index contributed by atoms with van der Waals surface area (Å²) in [4.78, 5) is 0. The Hall–Kier alpha value is -0.0831. The fraction of sp³-hybridized carbons (Fsp3) is 0.833. The van der Waals surface area contributed by atoms with Crippen LogP contribution >= 0.6 is 0 Å². The Morgan fingerprint density at radius 3 is 2.79 bits per heavy atom. The van der Waals surface area contributed by atoms with Gasteiger partial charge < -0.3 is 4.74 Å². The lowest BCUT2D eigenvalue weighted by molar-refractivity contribution is -0.0195. The Morgan fingerprint density at radius 2 is 2.29 bits per heavy atom. The summed E-state index contributed by atoms with van der Waals surface area (Å²) in [6, 6.07) is 0. The molecule has 1 aliphatic rings. The summed E-state index contributed by atoms with van der Waals surface area (Å²) < 4.78 is 6.03. The second kappa shape index (κ2) is 5.71. The van der Waals surface area contributed by atoms with E-state index in [0.717, 1.165) is 13.0 Å². The van der Waals surface area contributed by atoms with Crippen LogP contribution < -0.4 is 0 Å². The average molecular weight is 212 g/mol. The maximum atomic E-state index is 6.03. The van der Waals surface area contributed by atoms with Crippen LogP contribution in [0.2, 0.25) is 6.55 Å². The normalized spacial score (nSPS) is 28.4. The molecule has 0 radical (unpaired) electrons. The molecule has 0 aromatic carbocycles. The Labute approximate surface area is 90.7 Å². The van der Waals surface area contributed by atoms with Gasteiger partial charge in [-0.2, -0.15) is 0 Å². The highest BCUT2D eigenvalue weighted by molar-refractivity contribution is 6.38. The maximum Gasteiger partial charge on any atom is 0.0568 e. The summed E-state index contributed by atoms with van der Waals surface area (Å²) in [5.41, 5.74) is 1.41. The number of ether oxygens (including phenoxy) is 1. The number of hydrogen-bond acceptors (Lipinski definition) is 1. The van der Waals surface area contributed by atoms with Gasteiger partial charge in [0.1, 0.15) is 0 Å². The SMILES string of the molecule is C=C(CCC)CC1([SiH2]C)CCCCO1. The van der Waals surface area contributed by atoms with Crippen molar-refractivity contribution < 1.29 is 4.74 Å². The van der Waals surface area contributed by atoms with E-state index in [4.69, 9.17) is 4.74 Å². The first-order valence-corrected chi connectivity index (χ1v) is 8.15. The molecule has 1 rings (SSSR count). The highest BCUT2D eigenvalue weighted by Gasteiger charge is 2.31. The van der Waals surface area contributed by atoms with Crippen LogP contribution in [-0.4, -0.2) is 21.4 Å². The summed E-state index contributed by atoms with van der Waals surface area (Å²) in [6.45, 7) is 9.76. The molecule has 0 bridgehead atoms. The Morgan fingerprint density at radius 1 is 1.50 bits per heavy atom. The first-order valence-electron chi connectivity index (χ1n) is 6.03. The number of hydrogen-bond donors (Lipinski definition) is 0. The van der Waals surface area contributed by atoms with Crippen molar-refractivity contribution in [2.75, 3.05) is 6.61 Å². The molecule has 0 aliphatic carbocycles. The van der Waals surface area contributed by atoms with E-state index in [-0.39, 0.29) is 14.7 Å². The lowest BCUT2D eigenvalue weighted by Gasteiger charge is -2.37. The second-order valence-electron chi connectivity index (χ2n) is 4.52. The second-order valence-corrected chi connectivity index (χ2v) is 6.51. The number of rotatable bonds is 5. The molecule has 1 atom stereocenters. The van der Waals surface area contributed by atoms with Crippen LogP contribution in [0, 0.1) is 0 Å². The van der Waals surface area contributed by atoms with Crippen molar-refractivity contribution in [1.29, 1.82) is 0 Å². The molecule has 1 saturated heterocycles. The highest BCUT2D eigenvalue weighted by Crippen LogP contribution is 2.30. The van der Waals surface area contributed by atoms with Gasteiger partial charge in [-0.05, 0) is 32.1 Å².